The van der Waals surface area contributed by atoms with Crippen molar-refractivity contribution in [3.05, 3.63) is 54.6 Å². The molecule has 2 aliphatic rings. The quantitative estimate of drug-likeness (QED) is 0.307. The molecule has 7 nitrogen and oxygen atoms in total. The zero-order chi connectivity index (χ0) is 22.8. The minimum Gasteiger partial charge on any atom is -0.488 e. The maximum Gasteiger partial charge on any atom is 0.305 e. The standard InChI is InChI=1S/C25H34O7/c1-29-24(28)12-8-3-2-7-11-20-21(23(27)17-22(20)26)13-14-25(31-15-16-32-25)18-30-19-9-5-4-6-10-19/h2,4-7,9-10,13-14,20-23,26-27H,3,8,11-12,15-18H2,1H3/b7-2-,14-13+/t20-,21-,22+,23-/m1/s1. The van der Waals surface area contributed by atoms with E-state index in [2.05, 4.69) is 4.74 Å². The van der Waals surface area contributed by atoms with Crippen LogP contribution in [0, 0.1) is 11.8 Å². The summed E-state index contributed by atoms with van der Waals surface area (Å²) in [4.78, 5) is 11.2. The van der Waals surface area contributed by atoms with Crippen LogP contribution in [-0.2, 0) is 19.0 Å². The first-order valence-electron chi connectivity index (χ1n) is 11.3. The van der Waals surface area contributed by atoms with Crippen molar-refractivity contribution < 1.29 is 34.0 Å². The maximum atomic E-state index is 11.2. The molecule has 2 fully saturated rings. The van der Waals surface area contributed by atoms with Gasteiger partial charge in [0.25, 0.3) is 0 Å². The van der Waals surface area contributed by atoms with Gasteiger partial charge in [-0.1, -0.05) is 36.4 Å². The Morgan fingerprint density at radius 3 is 2.62 bits per heavy atom. The smallest absolute Gasteiger partial charge is 0.305 e. The number of ether oxygens (including phenoxy) is 4. The van der Waals surface area contributed by atoms with Crippen LogP contribution in [0.3, 0.4) is 0 Å². The molecule has 1 aliphatic carbocycles. The summed E-state index contributed by atoms with van der Waals surface area (Å²) < 4.78 is 22.2. The van der Waals surface area contributed by atoms with Gasteiger partial charge in [0.05, 0.1) is 32.5 Å². The van der Waals surface area contributed by atoms with Crippen LogP contribution in [0.5, 0.6) is 5.75 Å². The third-order valence-corrected chi connectivity index (χ3v) is 6.00. The molecule has 2 N–H and O–H groups in total. The van der Waals surface area contributed by atoms with Crippen molar-refractivity contribution in [3.63, 3.8) is 0 Å². The molecule has 1 saturated heterocycles. The van der Waals surface area contributed by atoms with Crippen molar-refractivity contribution in [1.82, 2.24) is 0 Å². The monoisotopic (exact) mass is 446 g/mol. The average molecular weight is 447 g/mol. The number of carbonyl (C=O) groups excluding carboxylic acids is 1. The summed E-state index contributed by atoms with van der Waals surface area (Å²) in [6, 6.07) is 9.47. The van der Waals surface area contributed by atoms with Crippen LogP contribution in [0.15, 0.2) is 54.6 Å². The van der Waals surface area contributed by atoms with Gasteiger partial charge in [0, 0.05) is 18.8 Å². The number of benzene rings is 1. The summed E-state index contributed by atoms with van der Waals surface area (Å²) in [5, 5.41) is 21.0. The molecule has 32 heavy (non-hydrogen) atoms. The van der Waals surface area contributed by atoms with Crippen molar-refractivity contribution in [1.29, 1.82) is 0 Å². The van der Waals surface area contributed by atoms with Crippen molar-refractivity contribution in [2.75, 3.05) is 26.9 Å². The van der Waals surface area contributed by atoms with Gasteiger partial charge in [-0.15, -0.1) is 0 Å². The third-order valence-electron chi connectivity index (χ3n) is 6.00. The van der Waals surface area contributed by atoms with E-state index < -0.39 is 18.0 Å². The summed E-state index contributed by atoms with van der Waals surface area (Å²) in [7, 11) is 1.39. The fourth-order valence-corrected chi connectivity index (χ4v) is 4.20. The molecular formula is C25H34O7. The predicted octanol–water partition coefficient (Wildman–Crippen LogP) is 3.01. The lowest BCUT2D eigenvalue weighted by Crippen LogP contribution is -2.35. The molecule has 1 saturated carbocycles. The number of hydrogen-bond donors (Lipinski definition) is 2. The molecule has 4 atom stereocenters. The molecule has 1 aromatic rings. The lowest BCUT2D eigenvalue weighted by molar-refractivity contribution is -0.140. The number of carbonyl (C=O) groups is 1. The predicted molar refractivity (Wildman–Crippen MR) is 119 cm³/mol. The zero-order valence-electron chi connectivity index (χ0n) is 18.6. The van der Waals surface area contributed by atoms with Crippen LogP contribution in [0.25, 0.3) is 0 Å². The number of esters is 1. The number of unbranched alkanes of at least 4 members (excludes halogenated alkanes) is 1. The summed E-state index contributed by atoms with van der Waals surface area (Å²) in [5.74, 6) is -0.805. The molecule has 1 aliphatic heterocycles. The van der Waals surface area contributed by atoms with Crippen molar-refractivity contribution in [2.24, 2.45) is 11.8 Å². The van der Waals surface area contributed by atoms with Crippen LogP contribution < -0.4 is 4.74 Å². The molecule has 176 valence electrons. The molecule has 0 spiro atoms. The highest BCUT2D eigenvalue weighted by molar-refractivity contribution is 5.69. The Hall–Kier alpha value is -2.19. The minimum absolute atomic E-state index is 0.105. The van der Waals surface area contributed by atoms with Gasteiger partial charge >= 0.3 is 5.97 Å². The molecule has 1 aromatic carbocycles. The molecule has 3 rings (SSSR count). The second-order valence-corrected chi connectivity index (χ2v) is 8.26. The third kappa shape index (κ3) is 6.90. The Bertz CT molecular complexity index is 755. The van der Waals surface area contributed by atoms with Gasteiger partial charge in [-0.25, -0.2) is 0 Å². The largest absolute Gasteiger partial charge is 0.488 e. The number of rotatable bonds is 11. The molecule has 0 radical (unpaired) electrons. The highest BCUT2D eigenvalue weighted by Crippen LogP contribution is 2.37. The number of aliphatic hydroxyl groups excluding tert-OH is 2. The second kappa shape index (κ2) is 12.2. The Balaban J connectivity index is 1.57. The zero-order valence-corrected chi connectivity index (χ0v) is 18.6. The van der Waals surface area contributed by atoms with E-state index in [1.807, 2.05) is 54.6 Å². The van der Waals surface area contributed by atoms with Crippen LogP contribution >= 0.6 is 0 Å². The normalized spacial score (nSPS) is 27.3. The SMILES string of the molecule is COC(=O)CCC/C=C\C[C@@H]1[C@@H](/C=C/C2(COc3ccccc3)OCCO2)[C@H](O)C[C@@H]1O. The fourth-order valence-electron chi connectivity index (χ4n) is 4.20. The molecule has 1 heterocycles. The first-order chi connectivity index (χ1) is 15.5. The first-order valence-corrected chi connectivity index (χ1v) is 11.3. The molecule has 0 aromatic heterocycles. The number of aliphatic hydroxyl groups is 2. The van der Waals surface area contributed by atoms with Crippen LogP contribution in [0.2, 0.25) is 0 Å². The van der Waals surface area contributed by atoms with E-state index in [0.29, 0.717) is 32.5 Å². The minimum atomic E-state index is -1.00. The summed E-state index contributed by atoms with van der Waals surface area (Å²) >= 11 is 0. The second-order valence-electron chi connectivity index (χ2n) is 8.26. The molecule has 0 unspecified atom stereocenters. The van der Waals surface area contributed by atoms with Gasteiger partial charge in [0.1, 0.15) is 12.4 Å². The topological polar surface area (TPSA) is 94.5 Å². The van der Waals surface area contributed by atoms with Crippen molar-refractivity contribution in [3.8, 4) is 5.75 Å². The number of para-hydroxylation sites is 1. The van der Waals surface area contributed by atoms with Crippen molar-refractivity contribution in [2.45, 2.75) is 50.1 Å². The maximum absolute atomic E-state index is 11.2. The van der Waals surface area contributed by atoms with E-state index in [4.69, 9.17) is 14.2 Å². The van der Waals surface area contributed by atoms with Gasteiger partial charge in [0.15, 0.2) is 0 Å². The highest BCUT2D eigenvalue weighted by Gasteiger charge is 2.41. The number of hydrogen-bond acceptors (Lipinski definition) is 7. The average Bonchev–Trinajstić information content (AvgIpc) is 3.38. The summed E-state index contributed by atoms with van der Waals surface area (Å²) in [6.07, 6.45) is 9.40. The fraction of sp³-hybridized carbons (Fsp3) is 0.560. The number of methoxy groups -OCH3 is 1. The Morgan fingerprint density at radius 1 is 1.16 bits per heavy atom. The lowest BCUT2D eigenvalue weighted by atomic mass is 9.89. The van der Waals surface area contributed by atoms with E-state index in [1.165, 1.54) is 7.11 Å². The van der Waals surface area contributed by atoms with Crippen LogP contribution in [-0.4, -0.2) is 61.1 Å². The Kier molecular flexibility index (Phi) is 9.29. The number of allylic oxidation sites excluding steroid dienone is 2. The Morgan fingerprint density at radius 2 is 1.91 bits per heavy atom. The molecule has 0 amide bonds. The van der Waals surface area contributed by atoms with Gasteiger partial charge in [-0.2, -0.15) is 0 Å². The molecule has 7 heteroatoms. The van der Waals surface area contributed by atoms with Gasteiger partial charge < -0.3 is 29.2 Å². The highest BCUT2D eigenvalue weighted by atomic mass is 16.8. The van der Waals surface area contributed by atoms with E-state index >= 15 is 0 Å². The van der Waals surface area contributed by atoms with E-state index in [0.717, 1.165) is 18.6 Å². The molecular weight excluding hydrogens is 412 g/mol. The van der Waals surface area contributed by atoms with Gasteiger partial charge in [-0.05, 0) is 43.4 Å². The van der Waals surface area contributed by atoms with Crippen LogP contribution in [0.4, 0.5) is 0 Å². The molecule has 0 bridgehead atoms. The van der Waals surface area contributed by atoms with Crippen molar-refractivity contribution >= 4 is 5.97 Å². The Labute approximate surface area is 189 Å². The van der Waals surface area contributed by atoms with Gasteiger partial charge in [-0.3, -0.25) is 4.79 Å². The van der Waals surface area contributed by atoms with E-state index in [-0.39, 0.29) is 24.4 Å². The van der Waals surface area contributed by atoms with Crippen LogP contribution in [0.1, 0.15) is 32.1 Å². The lowest BCUT2D eigenvalue weighted by Gasteiger charge is -2.26. The summed E-state index contributed by atoms with van der Waals surface area (Å²) in [5.41, 5.74) is 0. The van der Waals surface area contributed by atoms with E-state index in [1.54, 1.807) is 0 Å². The summed E-state index contributed by atoms with van der Waals surface area (Å²) in [6.45, 7) is 1.13. The first kappa shape index (κ1) is 24.5. The van der Waals surface area contributed by atoms with E-state index in [9.17, 15) is 15.0 Å². The van der Waals surface area contributed by atoms with Gasteiger partial charge in [0.2, 0.25) is 5.79 Å².